The Balaban J connectivity index is 1.97. The van der Waals surface area contributed by atoms with Gasteiger partial charge in [0, 0.05) is 12.0 Å². The monoisotopic (exact) mass is 284 g/mol. The number of rotatable bonds is 3. The Hall–Kier alpha value is -2.49. The molecule has 108 valence electrons. The minimum atomic E-state index is -0.0944. The molecule has 0 fully saturated rings. The van der Waals surface area contributed by atoms with Crippen molar-refractivity contribution in [1.29, 1.82) is 0 Å². The molecule has 0 atom stereocenters. The summed E-state index contributed by atoms with van der Waals surface area (Å²) in [6, 6.07) is 12.4. The summed E-state index contributed by atoms with van der Waals surface area (Å²) in [6.07, 6.45) is 0.838. The van der Waals surface area contributed by atoms with Crippen LogP contribution in [0.5, 0.6) is 17.2 Å². The number of fused-ring (bicyclic) bond motifs is 1. The molecule has 4 nitrogen and oxygen atoms in total. The van der Waals surface area contributed by atoms with Crippen LogP contribution in [0, 0.1) is 0 Å². The van der Waals surface area contributed by atoms with Crippen LogP contribution in [0.2, 0.25) is 0 Å². The van der Waals surface area contributed by atoms with Gasteiger partial charge in [0.2, 0.25) is 0 Å². The smallest absolute Gasteiger partial charge is 0.196 e. The number of methoxy groups -OCH3 is 1. The van der Waals surface area contributed by atoms with Crippen molar-refractivity contribution in [3.05, 3.63) is 53.6 Å². The molecule has 0 bridgehead atoms. The molecule has 1 heterocycles. The first-order chi connectivity index (χ1) is 10.3. The van der Waals surface area contributed by atoms with Crippen LogP contribution in [0.3, 0.4) is 0 Å². The molecule has 0 radical (unpaired) electrons. The quantitative estimate of drug-likeness (QED) is 0.812. The number of hydrogen-bond acceptors (Lipinski definition) is 4. The van der Waals surface area contributed by atoms with Crippen molar-refractivity contribution in [3.63, 3.8) is 0 Å². The van der Waals surface area contributed by atoms with Gasteiger partial charge in [-0.1, -0.05) is 12.1 Å². The SMILES string of the molecule is COc1ccccc1C(=O)c1ccc2c(c1)OCCCO2. The Morgan fingerprint density at radius 3 is 2.62 bits per heavy atom. The highest BCUT2D eigenvalue weighted by molar-refractivity contribution is 6.11. The minimum Gasteiger partial charge on any atom is -0.496 e. The fourth-order valence-electron chi connectivity index (χ4n) is 2.29. The number of hydrogen-bond donors (Lipinski definition) is 0. The van der Waals surface area contributed by atoms with Gasteiger partial charge in [0.05, 0.1) is 25.9 Å². The van der Waals surface area contributed by atoms with Gasteiger partial charge in [-0.3, -0.25) is 4.79 Å². The predicted molar refractivity (Wildman–Crippen MR) is 78.5 cm³/mol. The van der Waals surface area contributed by atoms with Gasteiger partial charge in [-0.25, -0.2) is 0 Å². The summed E-state index contributed by atoms with van der Waals surface area (Å²) in [7, 11) is 1.56. The summed E-state index contributed by atoms with van der Waals surface area (Å²) in [4.78, 5) is 12.6. The van der Waals surface area contributed by atoms with Crippen LogP contribution in [-0.4, -0.2) is 26.1 Å². The summed E-state index contributed by atoms with van der Waals surface area (Å²) >= 11 is 0. The molecular weight excluding hydrogens is 268 g/mol. The lowest BCUT2D eigenvalue weighted by Gasteiger charge is -2.10. The Morgan fingerprint density at radius 1 is 1.05 bits per heavy atom. The average Bonchev–Trinajstić information content (AvgIpc) is 2.78. The molecule has 4 heteroatoms. The van der Waals surface area contributed by atoms with E-state index in [-0.39, 0.29) is 5.78 Å². The van der Waals surface area contributed by atoms with Crippen LogP contribution >= 0.6 is 0 Å². The van der Waals surface area contributed by atoms with E-state index in [0.717, 1.165) is 6.42 Å². The van der Waals surface area contributed by atoms with Crippen LogP contribution in [0.25, 0.3) is 0 Å². The molecular formula is C17H16O4. The molecule has 21 heavy (non-hydrogen) atoms. The zero-order chi connectivity index (χ0) is 14.7. The third-order valence-electron chi connectivity index (χ3n) is 3.36. The Morgan fingerprint density at radius 2 is 1.81 bits per heavy atom. The second-order valence-electron chi connectivity index (χ2n) is 4.74. The number of carbonyl (C=O) groups is 1. The van der Waals surface area contributed by atoms with Crippen LogP contribution in [0.15, 0.2) is 42.5 Å². The van der Waals surface area contributed by atoms with E-state index in [0.29, 0.717) is 41.6 Å². The van der Waals surface area contributed by atoms with Gasteiger partial charge in [-0.05, 0) is 30.3 Å². The molecule has 0 unspecified atom stereocenters. The van der Waals surface area contributed by atoms with Gasteiger partial charge in [-0.2, -0.15) is 0 Å². The fourth-order valence-corrected chi connectivity index (χ4v) is 2.29. The van der Waals surface area contributed by atoms with Crippen molar-refractivity contribution in [2.24, 2.45) is 0 Å². The summed E-state index contributed by atoms with van der Waals surface area (Å²) in [6.45, 7) is 1.23. The molecule has 0 amide bonds. The van der Waals surface area contributed by atoms with Gasteiger partial charge >= 0.3 is 0 Å². The molecule has 0 saturated heterocycles. The van der Waals surface area contributed by atoms with E-state index in [2.05, 4.69) is 0 Å². The molecule has 1 aliphatic heterocycles. The summed E-state index contributed by atoms with van der Waals surface area (Å²) < 4.78 is 16.4. The molecule has 2 aromatic rings. The Bertz CT molecular complexity index is 664. The Kier molecular flexibility index (Phi) is 3.77. The minimum absolute atomic E-state index is 0.0944. The summed E-state index contributed by atoms with van der Waals surface area (Å²) in [5.41, 5.74) is 1.10. The van der Waals surface area contributed by atoms with E-state index < -0.39 is 0 Å². The first-order valence-corrected chi connectivity index (χ1v) is 6.87. The standard InChI is InChI=1S/C17H16O4/c1-19-14-6-3-2-5-13(14)17(18)12-7-8-15-16(11-12)21-10-4-9-20-15/h2-3,5-8,11H,4,9-10H2,1H3. The second-order valence-corrected chi connectivity index (χ2v) is 4.74. The topological polar surface area (TPSA) is 44.8 Å². The first kappa shape index (κ1) is 13.5. The Labute approximate surface area is 123 Å². The predicted octanol–water partition coefficient (Wildman–Crippen LogP) is 3.09. The largest absolute Gasteiger partial charge is 0.496 e. The lowest BCUT2D eigenvalue weighted by atomic mass is 10.0. The molecule has 3 rings (SSSR count). The van der Waals surface area contributed by atoms with Crippen LogP contribution in [-0.2, 0) is 0 Å². The zero-order valence-corrected chi connectivity index (χ0v) is 11.8. The number of ketones is 1. The van der Waals surface area contributed by atoms with E-state index >= 15 is 0 Å². The van der Waals surface area contributed by atoms with Crippen molar-refractivity contribution in [1.82, 2.24) is 0 Å². The highest BCUT2D eigenvalue weighted by Gasteiger charge is 2.17. The van der Waals surface area contributed by atoms with Gasteiger partial charge in [0.25, 0.3) is 0 Å². The van der Waals surface area contributed by atoms with Crippen molar-refractivity contribution < 1.29 is 19.0 Å². The van der Waals surface area contributed by atoms with Gasteiger partial charge < -0.3 is 14.2 Å². The number of para-hydroxylation sites is 1. The van der Waals surface area contributed by atoms with Crippen molar-refractivity contribution in [2.75, 3.05) is 20.3 Å². The van der Waals surface area contributed by atoms with Crippen LogP contribution in [0.1, 0.15) is 22.3 Å². The van der Waals surface area contributed by atoms with E-state index in [9.17, 15) is 4.79 Å². The van der Waals surface area contributed by atoms with E-state index in [1.807, 2.05) is 12.1 Å². The van der Waals surface area contributed by atoms with Crippen LogP contribution < -0.4 is 14.2 Å². The third kappa shape index (κ3) is 2.70. The maximum absolute atomic E-state index is 12.6. The van der Waals surface area contributed by atoms with Crippen LogP contribution in [0.4, 0.5) is 0 Å². The van der Waals surface area contributed by atoms with E-state index in [1.54, 1.807) is 37.4 Å². The fraction of sp³-hybridized carbons (Fsp3) is 0.235. The zero-order valence-electron chi connectivity index (χ0n) is 11.8. The maximum atomic E-state index is 12.6. The first-order valence-electron chi connectivity index (χ1n) is 6.87. The molecule has 0 aliphatic carbocycles. The number of carbonyl (C=O) groups excluding carboxylic acids is 1. The number of benzene rings is 2. The number of ether oxygens (including phenoxy) is 3. The molecule has 0 N–H and O–H groups in total. The van der Waals surface area contributed by atoms with Gasteiger partial charge in [-0.15, -0.1) is 0 Å². The molecule has 0 aromatic heterocycles. The molecule has 1 aliphatic rings. The van der Waals surface area contributed by atoms with Gasteiger partial charge in [0.1, 0.15) is 5.75 Å². The average molecular weight is 284 g/mol. The maximum Gasteiger partial charge on any atom is 0.196 e. The van der Waals surface area contributed by atoms with Crippen molar-refractivity contribution in [3.8, 4) is 17.2 Å². The van der Waals surface area contributed by atoms with Crippen molar-refractivity contribution >= 4 is 5.78 Å². The molecule has 2 aromatic carbocycles. The highest BCUT2D eigenvalue weighted by atomic mass is 16.5. The van der Waals surface area contributed by atoms with E-state index in [1.165, 1.54) is 0 Å². The molecule has 0 saturated carbocycles. The normalized spacial score (nSPS) is 13.4. The summed E-state index contributed by atoms with van der Waals surface area (Å²) in [5.74, 6) is 1.77. The lowest BCUT2D eigenvalue weighted by Crippen LogP contribution is -2.04. The third-order valence-corrected chi connectivity index (χ3v) is 3.36. The van der Waals surface area contributed by atoms with Gasteiger partial charge in [0.15, 0.2) is 17.3 Å². The van der Waals surface area contributed by atoms with E-state index in [4.69, 9.17) is 14.2 Å². The highest BCUT2D eigenvalue weighted by Crippen LogP contribution is 2.32. The summed E-state index contributed by atoms with van der Waals surface area (Å²) in [5, 5.41) is 0. The lowest BCUT2D eigenvalue weighted by molar-refractivity contribution is 0.103. The second kappa shape index (κ2) is 5.87. The molecule has 0 spiro atoms. The van der Waals surface area contributed by atoms with Crippen molar-refractivity contribution in [2.45, 2.75) is 6.42 Å².